The molecular formula is C14H11ClF2N2O2. The van der Waals surface area contributed by atoms with Crippen LogP contribution in [0.1, 0.15) is 10.4 Å². The molecule has 4 nitrogen and oxygen atoms in total. The Morgan fingerprint density at radius 3 is 2.62 bits per heavy atom. The Bertz CT molecular complexity index is 684. The minimum Gasteiger partial charge on any atom is -0.465 e. The third-order valence-electron chi connectivity index (χ3n) is 2.72. The van der Waals surface area contributed by atoms with Crippen LogP contribution in [0.3, 0.4) is 0 Å². The Balaban J connectivity index is 2.47. The van der Waals surface area contributed by atoms with Crippen LogP contribution in [0.4, 0.5) is 25.8 Å². The normalized spacial score (nSPS) is 10.3. The van der Waals surface area contributed by atoms with E-state index in [1.54, 1.807) is 0 Å². The Labute approximate surface area is 124 Å². The van der Waals surface area contributed by atoms with E-state index in [9.17, 15) is 13.6 Å². The fourth-order valence-electron chi connectivity index (χ4n) is 1.75. The molecule has 0 bridgehead atoms. The van der Waals surface area contributed by atoms with Gasteiger partial charge in [0.05, 0.1) is 29.1 Å². The zero-order valence-corrected chi connectivity index (χ0v) is 11.7. The number of nitrogens with one attached hydrogen (secondary N) is 1. The molecule has 0 unspecified atom stereocenters. The van der Waals surface area contributed by atoms with Gasteiger partial charge in [-0.15, -0.1) is 0 Å². The van der Waals surface area contributed by atoms with Gasteiger partial charge in [-0.3, -0.25) is 0 Å². The van der Waals surface area contributed by atoms with Gasteiger partial charge < -0.3 is 15.8 Å². The first kappa shape index (κ1) is 15.1. The average molecular weight is 313 g/mol. The second kappa shape index (κ2) is 5.97. The van der Waals surface area contributed by atoms with E-state index in [4.69, 9.17) is 17.3 Å². The monoisotopic (exact) mass is 312 g/mol. The van der Waals surface area contributed by atoms with Crippen molar-refractivity contribution in [2.24, 2.45) is 0 Å². The number of hydrogen-bond donors (Lipinski definition) is 2. The number of ether oxygens (including phenoxy) is 1. The lowest BCUT2D eigenvalue weighted by Gasteiger charge is -2.13. The summed E-state index contributed by atoms with van der Waals surface area (Å²) >= 11 is 5.80. The van der Waals surface area contributed by atoms with Gasteiger partial charge in [-0.1, -0.05) is 11.6 Å². The maximum atomic E-state index is 13.8. The molecule has 110 valence electrons. The molecule has 0 spiro atoms. The van der Waals surface area contributed by atoms with E-state index < -0.39 is 17.6 Å². The van der Waals surface area contributed by atoms with Crippen molar-refractivity contribution in [2.75, 3.05) is 18.2 Å². The number of rotatable bonds is 3. The number of hydrogen-bond acceptors (Lipinski definition) is 4. The summed E-state index contributed by atoms with van der Waals surface area (Å²) in [5.74, 6) is -2.33. The third kappa shape index (κ3) is 3.22. The minimum atomic E-state index is -0.882. The van der Waals surface area contributed by atoms with E-state index in [0.29, 0.717) is 11.8 Å². The Kier molecular flexibility index (Phi) is 4.28. The standard InChI is InChI=1S/C14H11ClF2N2O2/c1-21-14(20)9-6-8(18)2-3-12(9)19-13-10(15)4-7(16)5-11(13)17/h2-6,19H,18H2,1H3. The van der Waals surface area contributed by atoms with Gasteiger partial charge in [0.15, 0.2) is 5.82 Å². The van der Waals surface area contributed by atoms with Gasteiger partial charge >= 0.3 is 5.97 Å². The highest BCUT2D eigenvalue weighted by molar-refractivity contribution is 6.33. The van der Waals surface area contributed by atoms with Gasteiger partial charge in [0.25, 0.3) is 0 Å². The SMILES string of the molecule is COC(=O)c1cc(N)ccc1Nc1c(F)cc(F)cc1Cl. The van der Waals surface area contributed by atoms with Crippen LogP contribution >= 0.6 is 11.6 Å². The number of anilines is 3. The number of nitrogens with two attached hydrogens (primary N) is 1. The topological polar surface area (TPSA) is 64.3 Å². The van der Waals surface area contributed by atoms with Crippen molar-refractivity contribution >= 4 is 34.6 Å². The quantitative estimate of drug-likeness (QED) is 0.669. The molecule has 0 heterocycles. The van der Waals surface area contributed by atoms with Crippen LogP contribution in [0.2, 0.25) is 5.02 Å². The fraction of sp³-hybridized carbons (Fsp3) is 0.0714. The Morgan fingerprint density at radius 2 is 2.00 bits per heavy atom. The van der Waals surface area contributed by atoms with Crippen molar-refractivity contribution in [3.8, 4) is 0 Å². The van der Waals surface area contributed by atoms with E-state index in [0.717, 1.165) is 6.07 Å². The molecule has 0 amide bonds. The number of carbonyl (C=O) groups excluding carboxylic acids is 1. The van der Waals surface area contributed by atoms with Gasteiger partial charge in [0.2, 0.25) is 0 Å². The summed E-state index contributed by atoms with van der Waals surface area (Å²) in [7, 11) is 1.21. The van der Waals surface area contributed by atoms with Gasteiger partial charge in [-0.05, 0) is 24.3 Å². The summed E-state index contributed by atoms with van der Waals surface area (Å²) in [6.07, 6.45) is 0. The second-order valence-electron chi connectivity index (χ2n) is 4.17. The van der Waals surface area contributed by atoms with Crippen molar-refractivity contribution in [1.82, 2.24) is 0 Å². The van der Waals surface area contributed by atoms with Crippen LogP contribution in [0, 0.1) is 11.6 Å². The average Bonchev–Trinajstić information content (AvgIpc) is 2.43. The molecule has 0 aromatic heterocycles. The predicted molar refractivity (Wildman–Crippen MR) is 76.8 cm³/mol. The zero-order chi connectivity index (χ0) is 15.6. The largest absolute Gasteiger partial charge is 0.465 e. The van der Waals surface area contributed by atoms with Crippen molar-refractivity contribution < 1.29 is 18.3 Å². The van der Waals surface area contributed by atoms with E-state index in [1.807, 2.05) is 0 Å². The number of carbonyl (C=O) groups is 1. The molecule has 0 fully saturated rings. The molecule has 3 N–H and O–H groups in total. The highest BCUT2D eigenvalue weighted by Gasteiger charge is 2.16. The number of esters is 1. The van der Waals surface area contributed by atoms with Crippen molar-refractivity contribution in [3.05, 3.63) is 52.6 Å². The predicted octanol–water partition coefficient (Wildman–Crippen LogP) is 3.73. The lowest BCUT2D eigenvalue weighted by molar-refractivity contribution is 0.0602. The Morgan fingerprint density at radius 1 is 1.29 bits per heavy atom. The first-order valence-corrected chi connectivity index (χ1v) is 6.19. The second-order valence-corrected chi connectivity index (χ2v) is 4.57. The van der Waals surface area contributed by atoms with Crippen LogP contribution in [-0.4, -0.2) is 13.1 Å². The summed E-state index contributed by atoms with van der Waals surface area (Å²) in [6, 6.07) is 6.01. The van der Waals surface area contributed by atoms with Crippen LogP contribution in [0.15, 0.2) is 30.3 Å². The molecule has 2 rings (SSSR count). The van der Waals surface area contributed by atoms with Crippen molar-refractivity contribution in [2.45, 2.75) is 0 Å². The summed E-state index contributed by atoms with van der Waals surface area (Å²) < 4.78 is 31.4. The first-order valence-electron chi connectivity index (χ1n) is 5.81. The van der Waals surface area contributed by atoms with Crippen LogP contribution in [0.5, 0.6) is 0 Å². The summed E-state index contributed by atoms with van der Waals surface area (Å²) in [5.41, 5.74) is 6.15. The smallest absolute Gasteiger partial charge is 0.340 e. The van der Waals surface area contributed by atoms with Crippen LogP contribution < -0.4 is 11.1 Å². The molecule has 0 saturated heterocycles. The highest BCUT2D eigenvalue weighted by Crippen LogP contribution is 2.31. The fourth-order valence-corrected chi connectivity index (χ4v) is 1.99. The summed E-state index contributed by atoms with van der Waals surface area (Å²) in [4.78, 5) is 11.7. The van der Waals surface area contributed by atoms with Gasteiger partial charge in [0.1, 0.15) is 5.82 Å². The maximum absolute atomic E-state index is 13.8. The van der Waals surface area contributed by atoms with E-state index in [-0.39, 0.29) is 22.0 Å². The highest BCUT2D eigenvalue weighted by atomic mass is 35.5. The molecule has 7 heteroatoms. The van der Waals surface area contributed by atoms with Crippen molar-refractivity contribution in [1.29, 1.82) is 0 Å². The molecule has 0 aliphatic carbocycles. The molecule has 0 atom stereocenters. The molecule has 0 aliphatic rings. The lowest BCUT2D eigenvalue weighted by Crippen LogP contribution is -2.07. The van der Waals surface area contributed by atoms with E-state index >= 15 is 0 Å². The first-order chi connectivity index (χ1) is 9.92. The summed E-state index contributed by atoms with van der Waals surface area (Å²) in [6.45, 7) is 0. The number of benzene rings is 2. The lowest BCUT2D eigenvalue weighted by atomic mass is 10.1. The van der Waals surface area contributed by atoms with Gasteiger partial charge in [-0.2, -0.15) is 0 Å². The minimum absolute atomic E-state index is 0.109. The molecule has 0 aliphatic heterocycles. The van der Waals surface area contributed by atoms with Crippen LogP contribution in [-0.2, 0) is 4.74 Å². The van der Waals surface area contributed by atoms with Gasteiger partial charge in [0, 0.05) is 11.8 Å². The zero-order valence-electron chi connectivity index (χ0n) is 10.9. The molecule has 0 radical (unpaired) electrons. The maximum Gasteiger partial charge on any atom is 0.340 e. The van der Waals surface area contributed by atoms with Crippen molar-refractivity contribution in [3.63, 3.8) is 0 Å². The molecular weight excluding hydrogens is 302 g/mol. The van der Waals surface area contributed by atoms with E-state index in [1.165, 1.54) is 25.3 Å². The molecule has 0 saturated carbocycles. The number of methoxy groups -OCH3 is 1. The van der Waals surface area contributed by atoms with Gasteiger partial charge in [-0.25, -0.2) is 13.6 Å². The summed E-state index contributed by atoms with van der Waals surface area (Å²) in [5, 5.41) is 2.50. The van der Waals surface area contributed by atoms with E-state index in [2.05, 4.69) is 10.1 Å². The number of nitrogen functional groups attached to an aromatic ring is 1. The number of halogens is 3. The molecule has 2 aromatic rings. The molecule has 2 aromatic carbocycles. The Hall–Kier alpha value is -2.34. The van der Waals surface area contributed by atoms with Crippen LogP contribution in [0.25, 0.3) is 0 Å². The third-order valence-corrected chi connectivity index (χ3v) is 3.01. The molecule has 21 heavy (non-hydrogen) atoms.